The number of carbonyl (C=O) groups excluding carboxylic acids is 1. The molecule has 1 aromatic heterocycles. The molecule has 0 aliphatic rings. The maximum atomic E-state index is 12.3. The van der Waals surface area contributed by atoms with Crippen molar-refractivity contribution in [2.75, 3.05) is 27.2 Å². The SMILES string of the molecule is CN(C)CC(C)(C)CNC(=O)c1ccc2c(=O)[nH]c(=S)[nH]c2c1. The number of aromatic amines is 2. The zero-order valence-corrected chi connectivity index (χ0v) is 14.6. The van der Waals surface area contributed by atoms with Gasteiger partial charge in [0.15, 0.2) is 4.77 Å². The Labute approximate surface area is 139 Å². The third-order valence-corrected chi connectivity index (χ3v) is 3.68. The van der Waals surface area contributed by atoms with Crippen LogP contribution in [0.25, 0.3) is 10.9 Å². The Hall–Kier alpha value is -1.99. The lowest BCUT2D eigenvalue weighted by atomic mass is 9.93. The van der Waals surface area contributed by atoms with Crippen LogP contribution in [0.1, 0.15) is 24.2 Å². The van der Waals surface area contributed by atoms with Gasteiger partial charge in [-0.3, -0.25) is 14.6 Å². The van der Waals surface area contributed by atoms with Crippen LogP contribution < -0.4 is 10.9 Å². The van der Waals surface area contributed by atoms with Crippen molar-refractivity contribution in [2.24, 2.45) is 5.41 Å². The highest BCUT2D eigenvalue weighted by Gasteiger charge is 2.20. The molecule has 124 valence electrons. The van der Waals surface area contributed by atoms with E-state index in [4.69, 9.17) is 12.2 Å². The quantitative estimate of drug-likeness (QED) is 0.730. The van der Waals surface area contributed by atoms with Gasteiger partial charge in [0.05, 0.1) is 10.9 Å². The van der Waals surface area contributed by atoms with Crippen LogP contribution in [0.2, 0.25) is 0 Å². The number of rotatable bonds is 5. The van der Waals surface area contributed by atoms with Gasteiger partial charge in [0.25, 0.3) is 11.5 Å². The van der Waals surface area contributed by atoms with Crippen LogP contribution in [0.15, 0.2) is 23.0 Å². The molecule has 23 heavy (non-hydrogen) atoms. The number of H-pyrrole nitrogens is 2. The standard InChI is InChI=1S/C16H22N4O2S/c1-16(2,9-20(3)4)8-17-13(21)10-5-6-11-12(7-10)18-15(23)19-14(11)22/h5-7H,8-9H2,1-4H3,(H,17,21)(H2,18,19,22,23). The summed E-state index contributed by atoms with van der Waals surface area (Å²) in [6.45, 7) is 5.63. The van der Waals surface area contributed by atoms with Gasteiger partial charge in [-0.15, -0.1) is 0 Å². The number of aromatic nitrogens is 2. The van der Waals surface area contributed by atoms with Gasteiger partial charge in [-0.25, -0.2) is 0 Å². The second-order valence-electron chi connectivity index (χ2n) is 6.75. The minimum absolute atomic E-state index is 0.0347. The summed E-state index contributed by atoms with van der Waals surface area (Å²) in [6, 6.07) is 4.91. The fourth-order valence-electron chi connectivity index (χ4n) is 2.64. The van der Waals surface area contributed by atoms with Gasteiger partial charge in [-0.05, 0) is 49.9 Å². The summed E-state index contributed by atoms with van der Waals surface area (Å²) in [5.74, 6) is -0.168. The third-order valence-electron chi connectivity index (χ3n) is 3.47. The van der Waals surface area contributed by atoms with E-state index in [1.54, 1.807) is 18.2 Å². The Balaban J connectivity index is 2.19. The maximum absolute atomic E-state index is 12.3. The first-order valence-corrected chi connectivity index (χ1v) is 7.78. The van der Waals surface area contributed by atoms with Crippen molar-refractivity contribution in [2.45, 2.75) is 13.8 Å². The first-order valence-electron chi connectivity index (χ1n) is 7.37. The van der Waals surface area contributed by atoms with E-state index in [9.17, 15) is 9.59 Å². The van der Waals surface area contributed by atoms with Crippen LogP contribution in [-0.4, -0.2) is 48.0 Å². The summed E-state index contributed by atoms with van der Waals surface area (Å²) < 4.78 is 0.243. The molecule has 3 N–H and O–H groups in total. The Kier molecular flexibility index (Phi) is 5.01. The average Bonchev–Trinajstić information content (AvgIpc) is 2.42. The summed E-state index contributed by atoms with van der Waals surface area (Å²) in [4.78, 5) is 31.6. The van der Waals surface area contributed by atoms with Crippen LogP contribution in [0, 0.1) is 10.2 Å². The van der Waals surface area contributed by atoms with Crippen LogP contribution in [0.5, 0.6) is 0 Å². The lowest BCUT2D eigenvalue weighted by molar-refractivity contribution is 0.0929. The Morgan fingerprint density at radius 3 is 2.65 bits per heavy atom. The molecule has 0 saturated heterocycles. The minimum atomic E-state index is -0.261. The van der Waals surface area contributed by atoms with Gasteiger partial charge in [0.2, 0.25) is 0 Å². The van der Waals surface area contributed by atoms with E-state index in [1.165, 1.54) is 0 Å². The monoisotopic (exact) mass is 334 g/mol. The van der Waals surface area contributed by atoms with Crippen LogP contribution in [-0.2, 0) is 0 Å². The van der Waals surface area contributed by atoms with Crippen LogP contribution in [0.3, 0.4) is 0 Å². The molecule has 0 radical (unpaired) electrons. The van der Waals surface area contributed by atoms with Gasteiger partial charge in [-0.1, -0.05) is 13.8 Å². The molecule has 2 aromatic rings. The van der Waals surface area contributed by atoms with Gasteiger partial charge in [0, 0.05) is 18.7 Å². The molecule has 1 heterocycles. The van der Waals surface area contributed by atoms with Crippen molar-refractivity contribution in [1.82, 2.24) is 20.2 Å². The molecule has 6 nitrogen and oxygen atoms in total. The summed E-state index contributed by atoms with van der Waals surface area (Å²) in [5, 5.41) is 3.42. The minimum Gasteiger partial charge on any atom is -0.351 e. The molecule has 0 spiro atoms. The largest absolute Gasteiger partial charge is 0.351 e. The van der Waals surface area contributed by atoms with E-state index in [2.05, 4.69) is 34.0 Å². The summed E-state index contributed by atoms with van der Waals surface area (Å²) in [5.41, 5.74) is 0.753. The highest BCUT2D eigenvalue weighted by Crippen LogP contribution is 2.15. The van der Waals surface area contributed by atoms with E-state index < -0.39 is 0 Å². The lowest BCUT2D eigenvalue weighted by Gasteiger charge is -2.28. The molecule has 0 aliphatic heterocycles. The topological polar surface area (TPSA) is 81.0 Å². The van der Waals surface area contributed by atoms with E-state index in [0.717, 1.165) is 6.54 Å². The fourth-order valence-corrected chi connectivity index (χ4v) is 2.85. The second kappa shape index (κ2) is 6.64. The first kappa shape index (κ1) is 17.4. The molecular formula is C16H22N4O2S. The van der Waals surface area contributed by atoms with Gasteiger partial charge >= 0.3 is 0 Å². The molecule has 2 rings (SSSR count). The van der Waals surface area contributed by atoms with Gasteiger partial charge < -0.3 is 15.2 Å². The maximum Gasteiger partial charge on any atom is 0.259 e. The molecule has 7 heteroatoms. The van der Waals surface area contributed by atoms with Gasteiger partial charge in [0.1, 0.15) is 0 Å². The number of amides is 1. The number of hydrogen-bond acceptors (Lipinski definition) is 4. The fraction of sp³-hybridized carbons (Fsp3) is 0.438. The Bertz CT molecular complexity index is 836. The Morgan fingerprint density at radius 1 is 1.30 bits per heavy atom. The highest BCUT2D eigenvalue weighted by molar-refractivity contribution is 7.71. The predicted molar refractivity (Wildman–Crippen MR) is 94.4 cm³/mol. The Morgan fingerprint density at radius 2 is 2.00 bits per heavy atom. The molecule has 0 bridgehead atoms. The zero-order valence-electron chi connectivity index (χ0n) is 13.8. The van der Waals surface area contributed by atoms with Crippen molar-refractivity contribution in [3.63, 3.8) is 0 Å². The summed E-state index contributed by atoms with van der Waals surface area (Å²) in [6.07, 6.45) is 0. The highest BCUT2D eigenvalue weighted by atomic mass is 32.1. The average molecular weight is 334 g/mol. The first-order chi connectivity index (χ1) is 10.7. The molecule has 0 atom stereocenters. The number of nitrogens with zero attached hydrogens (tertiary/aromatic N) is 1. The molecule has 0 fully saturated rings. The molecule has 0 aliphatic carbocycles. The molecule has 1 amide bonds. The van der Waals surface area contributed by atoms with Crippen LogP contribution in [0.4, 0.5) is 0 Å². The molecule has 0 unspecified atom stereocenters. The summed E-state index contributed by atoms with van der Waals surface area (Å²) >= 11 is 4.96. The zero-order chi connectivity index (χ0) is 17.2. The van der Waals surface area contributed by atoms with Crippen molar-refractivity contribution in [3.05, 3.63) is 38.9 Å². The van der Waals surface area contributed by atoms with E-state index in [-0.39, 0.29) is 21.7 Å². The smallest absolute Gasteiger partial charge is 0.259 e. The molecule has 0 saturated carbocycles. The van der Waals surface area contributed by atoms with Crippen molar-refractivity contribution in [1.29, 1.82) is 0 Å². The normalized spacial score (nSPS) is 11.9. The van der Waals surface area contributed by atoms with Crippen molar-refractivity contribution in [3.8, 4) is 0 Å². The second-order valence-corrected chi connectivity index (χ2v) is 7.16. The van der Waals surface area contributed by atoms with Crippen LogP contribution >= 0.6 is 12.2 Å². The van der Waals surface area contributed by atoms with Crippen molar-refractivity contribution >= 4 is 29.0 Å². The number of hydrogen-bond donors (Lipinski definition) is 3. The molecule has 1 aromatic carbocycles. The summed E-state index contributed by atoms with van der Waals surface area (Å²) in [7, 11) is 4.01. The number of nitrogens with one attached hydrogen (secondary N) is 3. The number of fused-ring (bicyclic) bond motifs is 1. The third kappa shape index (κ3) is 4.49. The van der Waals surface area contributed by atoms with E-state index in [0.29, 0.717) is 23.0 Å². The lowest BCUT2D eigenvalue weighted by Crippen LogP contribution is -2.40. The van der Waals surface area contributed by atoms with Crippen molar-refractivity contribution < 1.29 is 4.79 Å². The molecular weight excluding hydrogens is 312 g/mol. The number of carbonyl (C=O) groups is 1. The van der Waals surface area contributed by atoms with Gasteiger partial charge in [-0.2, -0.15) is 0 Å². The predicted octanol–water partition coefficient (Wildman–Crippen LogP) is 1.90. The van der Waals surface area contributed by atoms with E-state index >= 15 is 0 Å². The van der Waals surface area contributed by atoms with E-state index in [1.807, 2.05) is 14.1 Å². The number of benzene rings is 1.